The lowest BCUT2D eigenvalue weighted by atomic mass is 10.1. The summed E-state index contributed by atoms with van der Waals surface area (Å²) in [5, 5.41) is 0.799. The van der Waals surface area contributed by atoms with Gasteiger partial charge in [0.05, 0.1) is 22.4 Å². The van der Waals surface area contributed by atoms with Crippen LogP contribution in [0.3, 0.4) is 0 Å². The van der Waals surface area contributed by atoms with Crippen LogP contribution >= 0.6 is 35.0 Å². The van der Waals surface area contributed by atoms with E-state index in [1.807, 2.05) is 0 Å². The third kappa shape index (κ3) is 3.46. The fourth-order valence-corrected chi connectivity index (χ4v) is 4.09. The molecule has 1 saturated heterocycles. The highest BCUT2D eigenvalue weighted by atomic mass is 35.5. The summed E-state index contributed by atoms with van der Waals surface area (Å²) in [7, 11) is 0. The van der Waals surface area contributed by atoms with Gasteiger partial charge in [-0.25, -0.2) is 0 Å². The molecule has 2 aromatic carbocycles. The first-order chi connectivity index (χ1) is 13.4. The average Bonchev–Trinajstić information content (AvgIpc) is 2.93. The first kappa shape index (κ1) is 18.8. The first-order valence-electron chi connectivity index (χ1n) is 8.14. The molecule has 0 unspecified atom stereocenters. The average molecular weight is 432 g/mol. The van der Waals surface area contributed by atoms with E-state index < -0.39 is 11.1 Å². The third-order valence-electron chi connectivity index (χ3n) is 4.21. The van der Waals surface area contributed by atoms with Gasteiger partial charge in [-0.2, -0.15) is 0 Å². The van der Waals surface area contributed by atoms with Crippen LogP contribution in [-0.4, -0.2) is 16.0 Å². The van der Waals surface area contributed by atoms with Crippen LogP contribution < -0.4 is 5.43 Å². The van der Waals surface area contributed by atoms with E-state index >= 15 is 0 Å². The zero-order valence-corrected chi connectivity index (χ0v) is 16.5. The van der Waals surface area contributed by atoms with E-state index in [-0.39, 0.29) is 22.4 Å². The Morgan fingerprint density at radius 2 is 1.86 bits per heavy atom. The molecular weight excluding hydrogens is 421 g/mol. The highest BCUT2D eigenvalue weighted by Crippen LogP contribution is 2.34. The first-order valence-corrected chi connectivity index (χ1v) is 9.71. The second kappa shape index (κ2) is 7.47. The van der Waals surface area contributed by atoms with Gasteiger partial charge >= 0.3 is 0 Å². The van der Waals surface area contributed by atoms with Crippen molar-refractivity contribution in [3.8, 4) is 0 Å². The van der Waals surface area contributed by atoms with Crippen LogP contribution in [0, 0.1) is 0 Å². The number of rotatable bonds is 3. The maximum Gasteiger partial charge on any atom is 0.293 e. The molecule has 1 aliphatic heterocycles. The fraction of sp³-hybridized carbons (Fsp3) is 0.0500. The molecule has 0 N–H and O–H groups in total. The van der Waals surface area contributed by atoms with Gasteiger partial charge in [0, 0.05) is 10.0 Å². The van der Waals surface area contributed by atoms with Gasteiger partial charge in [-0.1, -0.05) is 41.4 Å². The topological polar surface area (TPSA) is 67.6 Å². The number of carbonyl (C=O) groups is 2. The number of thioether (sulfide) groups is 1. The molecule has 0 bridgehead atoms. The number of imide groups is 1. The molecule has 5 nitrogen and oxygen atoms in total. The number of benzene rings is 2. The molecule has 28 heavy (non-hydrogen) atoms. The van der Waals surface area contributed by atoms with Crippen molar-refractivity contribution in [3.63, 3.8) is 0 Å². The van der Waals surface area contributed by atoms with Crippen molar-refractivity contribution in [3.05, 3.63) is 85.0 Å². The summed E-state index contributed by atoms with van der Waals surface area (Å²) >= 11 is 12.8. The Hall–Kier alpha value is -2.54. The molecule has 2 heterocycles. The van der Waals surface area contributed by atoms with Gasteiger partial charge in [-0.05, 0) is 47.7 Å². The lowest BCUT2D eigenvalue weighted by Crippen LogP contribution is -2.27. The predicted molar refractivity (Wildman–Crippen MR) is 110 cm³/mol. The molecule has 2 amide bonds. The minimum atomic E-state index is -0.492. The van der Waals surface area contributed by atoms with Gasteiger partial charge in [0.15, 0.2) is 5.43 Å². The molecule has 0 aliphatic carbocycles. The van der Waals surface area contributed by atoms with Crippen molar-refractivity contribution in [1.29, 1.82) is 0 Å². The molecular formula is C20H11Cl2NO4S. The summed E-state index contributed by atoms with van der Waals surface area (Å²) < 4.78 is 5.45. The summed E-state index contributed by atoms with van der Waals surface area (Å²) in [6.45, 7) is 0.0182. The Morgan fingerprint density at radius 3 is 2.64 bits per heavy atom. The van der Waals surface area contributed by atoms with Crippen molar-refractivity contribution in [2.45, 2.75) is 6.54 Å². The number of carbonyl (C=O) groups excluding carboxylic acids is 2. The van der Waals surface area contributed by atoms with Crippen molar-refractivity contribution >= 4 is 63.2 Å². The zero-order chi connectivity index (χ0) is 19.8. The molecule has 1 fully saturated rings. The molecule has 140 valence electrons. The predicted octanol–water partition coefficient (Wildman–Crippen LogP) is 5.34. The monoisotopic (exact) mass is 431 g/mol. The summed E-state index contributed by atoms with van der Waals surface area (Å²) in [5.74, 6) is -0.492. The highest BCUT2D eigenvalue weighted by molar-refractivity contribution is 8.18. The van der Waals surface area contributed by atoms with Gasteiger partial charge in [0.25, 0.3) is 11.1 Å². The number of fused-ring (bicyclic) bond motifs is 1. The van der Waals surface area contributed by atoms with E-state index in [0.717, 1.165) is 16.7 Å². The van der Waals surface area contributed by atoms with E-state index in [2.05, 4.69) is 0 Å². The molecule has 1 aromatic heterocycles. The van der Waals surface area contributed by atoms with Crippen molar-refractivity contribution in [2.75, 3.05) is 0 Å². The Morgan fingerprint density at radius 1 is 1.07 bits per heavy atom. The maximum absolute atomic E-state index is 12.7. The number of nitrogens with zero attached hydrogens (tertiary/aromatic N) is 1. The second-order valence-electron chi connectivity index (χ2n) is 6.02. The number of para-hydroxylation sites is 1. The van der Waals surface area contributed by atoms with Crippen LogP contribution in [0.4, 0.5) is 4.79 Å². The quantitative estimate of drug-likeness (QED) is 0.523. The fourth-order valence-electron chi connectivity index (χ4n) is 2.79. The van der Waals surface area contributed by atoms with Crippen LogP contribution in [-0.2, 0) is 11.3 Å². The van der Waals surface area contributed by atoms with Crippen molar-refractivity contribution in [1.82, 2.24) is 4.90 Å². The Bertz CT molecular complexity index is 1220. The molecule has 4 rings (SSSR count). The molecule has 0 saturated carbocycles. The van der Waals surface area contributed by atoms with E-state index in [9.17, 15) is 14.4 Å². The van der Waals surface area contributed by atoms with Gasteiger partial charge < -0.3 is 4.42 Å². The van der Waals surface area contributed by atoms with Crippen LogP contribution in [0.1, 0.15) is 11.1 Å². The van der Waals surface area contributed by atoms with E-state index in [4.69, 9.17) is 27.6 Å². The highest BCUT2D eigenvalue weighted by Gasteiger charge is 2.35. The Kier molecular flexibility index (Phi) is 5.02. The molecule has 8 heteroatoms. The van der Waals surface area contributed by atoms with Crippen molar-refractivity contribution < 1.29 is 14.0 Å². The summed E-state index contributed by atoms with van der Waals surface area (Å²) in [6.07, 6.45) is 2.67. The number of hydrogen-bond donors (Lipinski definition) is 0. The lowest BCUT2D eigenvalue weighted by molar-refractivity contribution is -0.123. The molecule has 1 aliphatic rings. The lowest BCUT2D eigenvalue weighted by Gasteiger charge is -2.13. The standard InChI is InChI=1S/C20H11Cl2NO4S/c21-13-6-5-11(15(22)8-13)9-23-19(25)17(28-20(23)26)7-12-10-27-16-4-2-1-3-14(16)18(12)24/h1-8,10H,9H2/b17-7+. The maximum atomic E-state index is 12.7. The Labute approximate surface area is 173 Å². The smallest absolute Gasteiger partial charge is 0.293 e. The van der Waals surface area contributed by atoms with Crippen LogP contribution in [0.5, 0.6) is 0 Å². The summed E-state index contributed by atoms with van der Waals surface area (Å²) in [6, 6.07) is 11.7. The van der Waals surface area contributed by atoms with Gasteiger partial charge in [-0.15, -0.1) is 0 Å². The van der Waals surface area contributed by atoms with Crippen LogP contribution in [0.15, 0.2) is 62.8 Å². The normalized spacial score (nSPS) is 15.8. The summed E-state index contributed by atoms with van der Waals surface area (Å²) in [4.78, 5) is 38.8. The minimum Gasteiger partial charge on any atom is -0.463 e. The SMILES string of the molecule is O=C1S/C(=C/c2coc3ccccc3c2=O)C(=O)N1Cc1ccc(Cl)cc1Cl. The van der Waals surface area contributed by atoms with Gasteiger partial charge in [-0.3, -0.25) is 19.3 Å². The van der Waals surface area contributed by atoms with Gasteiger partial charge in [0.2, 0.25) is 0 Å². The van der Waals surface area contributed by atoms with Gasteiger partial charge in [0.1, 0.15) is 11.8 Å². The molecule has 3 aromatic rings. The largest absolute Gasteiger partial charge is 0.463 e. The van der Waals surface area contributed by atoms with Crippen LogP contribution in [0.25, 0.3) is 17.0 Å². The number of hydrogen-bond acceptors (Lipinski definition) is 5. The van der Waals surface area contributed by atoms with E-state index in [1.165, 1.54) is 12.3 Å². The molecule has 0 radical (unpaired) electrons. The van der Waals surface area contributed by atoms with Crippen LogP contribution in [0.2, 0.25) is 10.0 Å². The Balaban J connectivity index is 1.65. The summed E-state index contributed by atoms with van der Waals surface area (Å²) in [5.41, 5.74) is 0.984. The second-order valence-corrected chi connectivity index (χ2v) is 7.86. The van der Waals surface area contributed by atoms with Crippen molar-refractivity contribution in [2.24, 2.45) is 0 Å². The zero-order valence-electron chi connectivity index (χ0n) is 14.1. The van der Waals surface area contributed by atoms with E-state index in [0.29, 0.717) is 26.6 Å². The molecule has 0 spiro atoms. The number of halogens is 2. The van der Waals surface area contributed by atoms with E-state index in [1.54, 1.807) is 42.5 Å². The number of amides is 2. The third-order valence-corrected chi connectivity index (χ3v) is 5.70. The molecule has 0 atom stereocenters. The minimum absolute atomic E-state index is 0.0182.